The number of benzene rings is 1. The van der Waals surface area contributed by atoms with Crippen LogP contribution in [0.3, 0.4) is 0 Å². The maximum atomic E-state index is 10.1. The van der Waals surface area contributed by atoms with Crippen molar-refractivity contribution in [3.63, 3.8) is 0 Å². The third-order valence-corrected chi connectivity index (χ3v) is 5.62. The summed E-state index contributed by atoms with van der Waals surface area (Å²) >= 11 is 0. The molecule has 2 N–H and O–H groups in total. The molecule has 0 radical (unpaired) electrons. The van der Waals surface area contributed by atoms with Crippen molar-refractivity contribution in [3.8, 4) is 29.7 Å². The minimum absolute atomic E-state index is 0.00178. The minimum Gasteiger partial charge on any atom is -0.493 e. The summed E-state index contributed by atoms with van der Waals surface area (Å²) in [4.78, 5) is 2.09. The fourth-order valence-corrected chi connectivity index (χ4v) is 4.32. The second-order valence-corrected chi connectivity index (χ2v) is 6.98. The SMILES string of the molecule is COc1cccc([C@@H]2[C@H]3CN(C)CC=C3C(C#N)=C(N)C2(C#N)C#N)c1OC. The molecule has 1 heterocycles. The predicted molar refractivity (Wildman–Crippen MR) is 102 cm³/mol. The zero-order valence-electron chi connectivity index (χ0n) is 16.1. The molecule has 0 amide bonds. The van der Waals surface area contributed by atoms with Crippen LogP contribution in [-0.4, -0.2) is 39.3 Å². The van der Waals surface area contributed by atoms with E-state index in [9.17, 15) is 15.8 Å². The number of allylic oxidation sites excluding steroid dienone is 2. The third-order valence-electron chi connectivity index (χ3n) is 5.62. The first kappa shape index (κ1) is 19.3. The Morgan fingerprint density at radius 3 is 2.46 bits per heavy atom. The molecule has 2 atom stereocenters. The molecule has 1 aliphatic carbocycles. The lowest BCUT2D eigenvalue weighted by Gasteiger charge is -2.45. The molecule has 0 spiro atoms. The third kappa shape index (κ3) is 2.59. The number of nitriles is 3. The Balaban J connectivity index is 2.39. The van der Waals surface area contributed by atoms with Gasteiger partial charge in [-0.1, -0.05) is 18.2 Å². The van der Waals surface area contributed by atoms with Gasteiger partial charge in [-0.05, 0) is 18.7 Å². The van der Waals surface area contributed by atoms with Gasteiger partial charge in [0.25, 0.3) is 0 Å². The topological polar surface area (TPSA) is 119 Å². The van der Waals surface area contributed by atoms with E-state index >= 15 is 0 Å². The van der Waals surface area contributed by atoms with E-state index in [0.717, 1.165) is 5.57 Å². The number of nitrogens with two attached hydrogens (primary N) is 1. The number of rotatable bonds is 3. The molecule has 7 heteroatoms. The molecule has 7 nitrogen and oxygen atoms in total. The summed E-state index contributed by atoms with van der Waals surface area (Å²) in [6.45, 7) is 1.25. The van der Waals surface area contributed by atoms with Crippen molar-refractivity contribution in [2.75, 3.05) is 34.4 Å². The Morgan fingerprint density at radius 1 is 1.18 bits per heavy atom. The molecule has 142 valence electrons. The van der Waals surface area contributed by atoms with Crippen molar-refractivity contribution >= 4 is 0 Å². The van der Waals surface area contributed by atoms with Gasteiger partial charge in [0.05, 0.1) is 37.6 Å². The number of hydrogen-bond donors (Lipinski definition) is 1. The van der Waals surface area contributed by atoms with Crippen molar-refractivity contribution in [2.45, 2.75) is 5.92 Å². The fraction of sp³-hybridized carbons (Fsp3) is 0.381. The van der Waals surface area contributed by atoms with Gasteiger partial charge >= 0.3 is 0 Å². The Kier molecular flexibility index (Phi) is 5.01. The smallest absolute Gasteiger partial charge is 0.191 e. The van der Waals surface area contributed by atoms with Gasteiger partial charge in [0.2, 0.25) is 0 Å². The monoisotopic (exact) mass is 375 g/mol. The summed E-state index contributed by atoms with van der Waals surface area (Å²) < 4.78 is 11.0. The van der Waals surface area contributed by atoms with E-state index in [1.54, 1.807) is 12.1 Å². The van der Waals surface area contributed by atoms with Crippen LogP contribution in [0.1, 0.15) is 11.5 Å². The van der Waals surface area contributed by atoms with E-state index in [0.29, 0.717) is 30.2 Å². The van der Waals surface area contributed by atoms with Gasteiger partial charge in [0.1, 0.15) is 6.07 Å². The molecule has 0 aromatic heterocycles. The molecule has 0 saturated heterocycles. The zero-order valence-corrected chi connectivity index (χ0v) is 16.1. The summed E-state index contributed by atoms with van der Waals surface area (Å²) in [5.74, 6) is 0.0958. The Morgan fingerprint density at radius 2 is 1.89 bits per heavy atom. The maximum absolute atomic E-state index is 10.1. The average molecular weight is 375 g/mol. The number of para-hydroxylation sites is 1. The molecule has 1 aliphatic heterocycles. The van der Waals surface area contributed by atoms with Crippen LogP contribution in [-0.2, 0) is 0 Å². The standard InChI is InChI=1S/C21H21N5O2/c1-26-8-7-13-15(9-22)20(25)21(11-23,12-24)18(16(13)10-26)14-5-4-6-17(27-2)19(14)28-3/h4-7,16,18H,8,10,25H2,1-3H3/t16-,18+/m0/s1. The van der Waals surface area contributed by atoms with Crippen LogP contribution < -0.4 is 15.2 Å². The van der Waals surface area contributed by atoms with Crippen molar-refractivity contribution in [3.05, 3.63) is 46.7 Å². The van der Waals surface area contributed by atoms with Crippen LogP contribution in [0.5, 0.6) is 11.5 Å². The fourth-order valence-electron chi connectivity index (χ4n) is 4.32. The summed E-state index contributed by atoms with van der Waals surface area (Å²) in [5.41, 5.74) is 6.30. The number of nitrogens with zero attached hydrogens (tertiary/aromatic N) is 4. The molecule has 0 bridgehead atoms. The molecule has 1 aromatic carbocycles. The van der Waals surface area contributed by atoms with Crippen LogP contribution in [0, 0.1) is 45.3 Å². The van der Waals surface area contributed by atoms with Crippen molar-refractivity contribution in [1.29, 1.82) is 15.8 Å². The van der Waals surface area contributed by atoms with Crippen molar-refractivity contribution < 1.29 is 9.47 Å². The van der Waals surface area contributed by atoms with Gasteiger partial charge in [-0.2, -0.15) is 15.8 Å². The first-order valence-corrected chi connectivity index (χ1v) is 8.81. The maximum Gasteiger partial charge on any atom is 0.191 e. The molecule has 3 rings (SSSR count). The van der Waals surface area contributed by atoms with E-state index in [1.165, 1.54) is 14.2 Å². The van der Waals surface area contributed by atoms with E-state index in [1.807, 2.05) is 19.2 Å². The highest BCUT2D eigenvalue weighted by molar-refractivity contribution is 5.62. The van der Waals surface area contributed by atoms with Gasteiger partial charge in [0, 0.05) is 30.5 Å². The second-order valence-electron chi connectivity index (χ2n) is 6.98. The van der Waals surface area contributed by atoms with Gasteiger partial charge in [-0.3, -0.25) is 0 Å². The van der Waals surface area contributed by atoms with Crippen LogP contribution >= 0.6 is 0 Å². The average Bonchev–Trinajstić information content (AvgIpc) is 2.72. The highest BCUT2D eigenvalue weighted by Crippen LogP contribution is 2.56. The molecule has 1 aromatic rings. The largest absolute Gasteiger partial charge is 0.493 e. The van der Waals surface area contributed by atoms with Crippen molar-refractivity contribution in [1.82, 2.24) is 4.90 Å². The number of likely N-dealkylation sites (N-methyl/N-ethyl adjacent to an activating group) is 1. The minimum atomic E-state index is -1.69. The van der Waals surface area contributed by atoms with Crippen LogP contribution in [0.25, 0.3) is 0 Å². The second kappa shape index (κ2) is 7.27. The summed E-state index contributed by atoms with van der Waals surface area (Å²) in [5, 5.41) is 29.9. The summed E-state index contributed by atoms with van der Waals surface area (Å²) in [6, 6.07) is 11.8. The van der Waals surface area contributed by atoms with Gasteiger partial charge < -0.3 is 20.1 Å². The van der Waals surface area contributed by atoms with E-state index in [2.05, 4.69) is 23.1 Å². The normalized spacial score (nSPS) is 23.5. The first-order chi connectivity index (χ1) is 13.5. The number of fused-ring (bicyclic) bond motifs is 1. The zero-order chi connectivity index (χ0) is 20.5. The van der Waals surface area contributed by atoms with Crippen LogP contribution in [0.4, 0.5) is 0 Å². The Labute approximate surface area is 164 Å². The molecule has 0 saturated carbocycles. The van der Waals surface area contributed by atoms with E-state index in [4.69, 9.17) is 15.2 Å². The highest BCUT2D eigenvalue weighted by atomic mass is 16.5. The predicted octanol–water partition coefficient (Wildman–Crippen LogP) is 2.06. The molecular weight excluding hydrogens is 354 g/mol. The first-order valence-electron chi connectivity index (χ1n) is 8.81. The highest BCUT2D eigenvalue weighted by Gasteiger charge is 2.55. The lowest BCUT2D eigenvalue weighted by Crippen LogP contribution is -2.47. The van der Waals surface area contributed by atoms with Gasteiger partial charge in [-0.25, -0.2) is 0 Å². The molecule has 2 aliphatic rings. The lowest BCUT2D eigenvalue weighted by atomic mass is 9.58. The summed E-state index contributed by atoms with van der Waals surface area (Å²) in [7, 11) is 5.02. The van der Waals surface area contributed by atoms with E-state index in [-0.39, 0.29) is 17.2 Å². The van der Waals surface area contributed by atoms with Crippen LogP contribution in [0.15, 0.2) is 41.1 Å². The van der Waals surface area contributed by atoms with E-state index < -0.39 is 11.3 Å². The molecular formula is C21H21N5O2. The Hall–Kier alpha value is -3.47. The van der Waals surface area contributed by atoms with Gasteiger partial charge in [-0.15, -0.1) is 0 Å². The number of hydrogen-bond acceptors (Lipinski definition) is 7. The van der Waals surface area contributed by atoms with Crippen molar-refractivity contribution in [2.24, 2.45) is 17.1 Å². The lowest BCUT2D eigenvalue weighted by molar-refractivity contribution is 0.233. The Bertz CT molecular complexity index is 976. The van der Waals surface area contributed by atoms with Gasteiger partial charge in [0.15, 0.2) is 16.9 Å². The molecule has 0 fully saturated rings. The quantitative estimate of drug-likeness (QED) is 0.858. The van der Waals surface area contributed by atoms with Crippen LogP contribution in [0.2, 0.25) is 0 Å². The summed E-state index contributed by atoms with van der Waals surface area (Å²) in [6.07, 6.45) is 1.96. The molecule has 0 unspecified atom stereocenters. The number of methoxy groups -OCH3 is 2. The molecule has 28 heavy (non-hydrogen) atoms. The number of ether oxygens (including phenoxy) is 2.